The summed E-state index contributed by atoms with van der Waals surface area (Å²) in [6.07, 6.45) is 0.701. The molecule has 15 heavy (non-hydrogen) atoms. The number of rotatable bonds is 6. The molecule has 0 bridgehead atoms. The van der Waals surface area contributed by atoms with Crippen LogP contribution in [0.15, 0.2) is 10.9 Å². The van der Waals surface area contributed by atoms with Crippen molar-refractivity contribution in [3.8, 4) is 0 Å². The van der Waals surface area contributed by atoms with Crippen molar-refractivity contribution in [1.29, 1.82) is 0 Å². The van der Waals surface area contributed by atoms with Gasteiger partial charge >= 0.3 is 0 Å². The summed E-state index contributed by atoms with van der Waals surface area (Å²) in [6, 6.07) is 0. The Morgan fingerprint density at radius 3 is 2.00 bits per heavy atom. The highest BCUT2D eigenvalue weighted by Crippen LogP contribution is 2.21. The molecule has 3 nitrogen and oxygen atoms in total. The van der Waals surface area contributed by atoms with Crippen LogP contribution in [0.3, 0.4) is 0 Å². The number of hydrogen-bond donors (Lipinski definition) is 1. The summed E-state index contributed by atoms with van der Waals surface area (Å²) in [5.41, 5.74) is 2.22. The minimum Gasteiger partial charge on any atom is -0.417 e. The lowest BCUT2D eigenvalue weighted by Crippen LogP contribution is -2.36. The molecule has 0 aromatic rings. The Bertz CT molecular complexity index is 225. The maximum atomic E-state index is 9.07. The van der Waals surface area contributed by atoms with Crippen molar-refractivity contribution in [3.63, 3.8) is 0 Å². The van der Waals surface area contributed by atoms with Crippen molar-refractivity contribution in [2.45, 2.75) is 32.6 Å². The van der Waals surface area contributed by atoms with Crippen LogP contribution in [-0.4, -0.2) is 42.6 Å². The monoisotopic (exact) mass is 248 g/mol. The van der Waals surface area contributed by atoms with Crippen LogP contribution in [0.1, 0.15) is 6.42 Å². The molecular formula is C10H24O3Si2. The lowest BCUT2D eigenvalue weighted by atomic mass is 10.4. The highest BCUT2D eigenvalue weighted by molar-refractivity contribution is 6.83. The summed E-state index contributed by atoms with van der Waals surface area (Å²) in [4.78, 5) is 0. The van der Waals surface area contributed by atoms with E-state index in [1.807, 2.05) is 0 Å². The third-order valence-electron chi connectivity index (χ3n) is 2.71. The highest BCUT2D eigenvalue weighted by atomic mass is 28.4. The fraction of sp³-hybridized carbons (Fsp3) is 0.800. The second-order valence-electron chi connectivity index (χ2n) is 4.67. The molecule has 0 aliphatic carbocycles. The van der Waals surface area contributed by atoms with Gasteiger partial charge in [0, 0.05) is 20.8 Å². The highest BCUT2D eigenvalue weighted by Gasteiger charge is 2.29. The molecule has 1 N–H and O–H groups in total. The first kappa shape index (κ1) is 15.1. The molecule has 0 aliphatic rings. The van der Waals surface area contributed by atoms with Gasteiger partial charge in [-0.25, -0.2) is 0 Å². The Morgan fingerprint density at radius 1 is 1.13 bits per heavy atom. The molecular weight excluding hydrogens is 224 g/mol. The van der Waals surface area contributed by atoms with Gasteiger partial charge < -0.3 is 14.0 Å². The van der Waals surface area contributed by atoms with Gasteiger partial charge in [-0.1, -0.05) is 10.9 Å². The van der Waals surface area contributed by atoms with Crippen molar-refractivity contribution in [1.82, 2.24) is 0 Å². The molecule has 0 aliphatic heterocycles. The maximum Gasteiger partial charge on any atom is 0.213 e. The van der Waals surface area contributed by atoms with E-state index < -0.39 is 16.6 Å². The van der Waals surface area contributed by atoms with Crippen molar-refractivity contribution < 1.29 is 14.0 Å². The topological polar surface area (TPSA) is 38.7 Å². The summed E-state index contributed by atoms with van der Waals surface area (Å²) in [6.45, 7) is 8.76. The molecule has 0 heterocycles. The minimum absolute atomic E-state index is 0.180. The van der Waals surface area contributed by atoms with E-state index in [-0.39, 0.29) is 6.61 Å². The van der Waals surface area contributed by atoms with Crippen LogP contribution in [0.5, 0.6) is 0 Å². The zero-order valence-corrected chi connectivity index (χ0v) is 12.8. The molecule has 90 valence electrons. The van der Waals surface area contributed by atoms with Gasteiger partial charge in [0.25, 0.3) is 0 Å². The van der Waals surface area contributed by atoms with Gasteiger partial charge in [0.1, 0.15) is 0 Å². The van der Waals surface area contributed by atoms with E-state index in [4.69, 9.17) is 14.0 Å². The summed E-state index contributed by atoms with van der Waals surface area (Å²) >= 11 is 0. The maximum absolute atomic E-state index is 9.07. The van der Waals surface area contributed by atoms with Crippen molar-refractivity contribution in [2.75, 3.05) is 20.8 Å². The van der Waals surface area contributed by atoms with E-state index in [9.17, 15) is 0 Å². The van der Waals surface area contributed by atoms with Crippen LogP contribution in [0.4, 0.5) is 0 Å². The van der Waals surface area contributed by atoms with Gasteiger partial charge in [0.15, 0.2) is 0 Å². The molecule has 0 saturated heterocycles. The Morgan fingerprint density at radius 2 is 1.67 bits per heavy atom. The Labute approximate surface area is 95.4 Å². The van der Waals surface area contributed by atoms with Crippen molar-refractivity contribution in [2.24, 2.45) is 0 Å². The van der Waals surface area contributed by atoms with Gasteiger partial charge in [-0.05, 0) is 32.6 Å². The standard InChI is InChI=1S/C10H24O3Si2/c1-12-14(3,4)9-10(7-8-11)15(5,6)13-2/h9,11H,7-8H2,1-6H3. The molecule has 5 heteroatoms. The predicted molar refractivity (Wildman–Crippen MR) is 68.8 cm³/mol. The van der Waals surface area contributed by atoms with E-state index in [0.29, 0.717) is 6.42 Å². The Kier molecular flexibility index (Phi) is 5.98. The molecule has 0 amide bonds. The lowest BCUT2D eigenvalue weighted by Gasteiger charge is -2.27. The van der Waals surface area contributed by atoms with E-state index in [1.54, 1.807) is 14.2 Å². The van der Waals surface area contributed by atoms with Crippen LogP contribution in [0.25, 0.3) is 0 Å². The smallest absolute Gasteiger partial charge is 0.213 e. The first-order chi connectivity index (χ1) is 6.79. The summed E-state index contributed by atoms with van der Waals surface area (Å²) in [7, 11) is -0.0205. The summed E-state index contributed by atoms with van der Waals surface area (Å²) in [5.74, 6) is 0. The fourth-order valence-corrected chi connectivity index (χ4v) is 5.79. The molecule has 0 spiro atoms. The molecule has 0 aromatic carbocycles. The lowest BCUT2D eigenvalue weighted by molar-refractivity contribution is 0.298. The SMILES string of the molecule is CO[Si](C)(C)C=C(CCO)[Si](C)(C)OC. The Balaban J connectivity index is 4.96. The van der Waals surface area contributed by atoms with Crippen LogP contribution in [0, 0.1) is 0 Å². The van der Waals surface area contributed by atoms with Crippen LogP contribution >= 0.6 is 0 Å². The summed E-state index contributed by atoms with van der Waals surface area (Å²) in [5, 5.41) is 10.3. The number of aliphatic hydroxyl groups is 1. The van der Waals surface area contributed by atoms with Crippen molar-refractivity contribution >= 4 is 16.6 Å². The van der Waals surface area contributed by atoms with E-state index in [2.05, 4.69) is 31.9 Å². The second-order valence-corrected chi connectivity index (χ2v) is 12.6. The van der Waals surface area contributed by atoms with E-state index in [0.717, 1.165) is 0 Å². The van der Waals surface area contributed by atoms with Crippen LogP contribution in [-0.2, 0) is 8.85 Å². The molecule has 0 radical (unpaired) electrons. The third kappa shape index (κ3) is 5.08. The van der Waals surface area contributed by atoms with Gasteiger partial charge in [-0.3, -0.25) is 0 Å². The predicted octanol–water partition coefficient (Wildman–Crippen LogP) is 2.08. The Hall–Kier alpha value is 0.0538. The first-order valence-electron chi connectivity index (χ1n) is 5.22. The average Bonchev–Trinajstić information content (AvgIpc) is 2.17. The molecule has 0 unspecified atom stereocenters. The zero-order valence-electron chi connectivity index (χ0n) is 10.8. The molecule has 0 aromatic heterocycles. The van der Waals surface area contributed by atoms with E-state index >= 15 is 0 Å². The number of hydrogen-bond acceptors (Lipinski definition) is 3. The van der Waals surface area contributed by atoms with Gasteiger partial charge in [-0.2, -0.15) is 0 Å². The third-order valence-corrected chi connectivity index (χ3v) is 8.06. The molecule has 0 atom stereocenters. The normalized spacial score (nSPS) is 14.5. The minimum atomic E-state index is -1.80. The second kappa shape index (κ2) is 5.95. The van der Waals surface area contributed by atoms with Gasteiger partial charge in [-0.15, -0.1) is 0 Å². The summed E-state index contributed by atoms with van der Waals surface area (Å²) < 4.78 is 11.1. The van der Waals surface area contributed by atoms with Crippen LogP contribution in [0.2, 0.25) is 26.2 Å². The molecule has 0 fully saturated rings. The van der Waals surface area contributed by atoms with Crippen molar-refractivity contribution in [3.05, 3.63) is 10.9 Å². The average molecular weight is 248 g/mol. The fourth-order valence-electron chi connectivity index (χ4n) is 1.28. The molecule has 0 rings (SSSR count). The van der Waals surface area contributed by atoms with Gasteiger partial charge in [0.05, 0.1) is 0 Å². The number of aliphatic hydroxyl groups excluding tert-OH is 1. The zero-order chi connectivity index (χ0) is 12.1. The van der Waals surface area contributed by atoms with Crippen LogP contribution < -0.4 is 0 Å². The van der Waals surface area contributed by atoms with Gasteiger partial charge in [0.2, 0.25) is 16.6 Å². The quantitative estimate of drug-likeness (QED) is 0.732. The molecule has 0 saturated carbocycles. The van der Waals surface area contributed by atoms with E-state index in [1.165, 1.54) is 5.20 Å². The first-order valence-corrected chi connectivity index (χ1v) is 11.1. The largest absolute Gasteiger partial charge is 0.417 e.